The predicted octanol–water partition coefficient (Wildman–Crippen LogP) is 0.475. The summed E-state index contributed by atoms with van der Waals surface area (Å²) in [4.78, 5) is 12.2. The van der Waals surface area contributed by atoms with Gasteiger partial charge >= 0.3 is 0 Å². The molecule has 1 aromatic carbocycles. The molecular formula is C13H12O7. The number of phenolic OH excluding ortho intramolecular Hbond substituents is 2. The molecule has 0 aliphatic heterocycles. The minimum absolute atomic E-state index is 0.182. The summed E-state index contributed by atoms with van der Waals surface area (Å²) in [5, 5.41) is 56.7. The molecule has 1 atom stereocenters. The molecule has 0 saturated carbocycles. The Kier molecular flexibility index (Phi) is 3.16. The lowest BCUT2D eigenvalue weighted by Crippen LogP contribution is -2.45. The van der Waals surface area contributed by atoms with Crippen LogP contribution in [0.3, 0.4) is 0 Å². The van der Waals surface area contributed by atoms with Crippen LogP contribution in [0, 0.1) is 5.92 Å². The second-order valence-corrected chi connectivity index (χ2v) is 4.40. The van der Waals surface area contributed by atoms with Crippen LogP contribution in [0.2, 0.25) is 0 Å². The smallest absolute Gasteiger partial charge is 0.240 e. The first-order valence-electron chi connectivity index (χ1n) is 5.56. The fourth-order valence-electron chi connectivity index (χ4n) is 1.92. The van der Waals surface area contributed by atoms with Crippen LogP contribution in [0.1, 0.15) is 10.4 Å². The number of Topliss-reactive ketones (excluding diaryl/α,β-unsaturated/α-hetero) is 1. The summed E-state index contributed by atoms with van der Waals surface area (Å²) in [5.74, 6) is -8.11. The number of hydrogen-bond donors (Lipinski definition) is 6. The van der Waals surface area contributed by atoms with Crippen LogP contribution in [0.15, 0.2) is 41.9 Å². The Bertz CT molecular complexity index is 607. The van der Waals surface area contributed by atoms with E-state index in [0.29, 0.717) is 0 Å². The predicted molar refractivity (Wildman–Crippen MR) is 66.2 cm³/mol. The van der Waals surface area contributed by atoms with Gasteiger partial charge in [-0.2, -0.15) is 0 Å². The fraction of sp³-hybridized carbons (Fsp3) is 0.154. The SMILES string of the molecule is O=C(c1cc(O)cc(O)c1)C1C=CC(O)=C(O)C1(O)O. The molecule has 106 valence electrons. The molecule has 1 aliphatic rings. The number of benzene rings is 1. The number of aliphatic hydroxyl groups excluding tert-OH is 2. The van der Waals surface area contributed by atoms with Crippen molar-refractivity contribution in [2.45, 2.75) is 5.79 Å². The van der Waals surface area contributed by atoms with Crippen molar-refractivity contribution in [1.29, 1.82) is 0 Å². The van der Waals surface area contributed by atoms with Crippen LogP contribution < -0.4 is 0 Å². The maximum atomic E-state index is 12.2. The van der Waals surface area contributed by atoms with Crippen molar-refractivity contribution in [3.8, 4) is 11.5 Å². The number of aromatic hydroxyl groups is 2. The van der Waals surface area contributed by atoms with E-state index in [1.807, 2.05) is 0 Å². The fourth-order valence-corrected chi connectivity index (χ4v) is 1.92. The highest BCUT2D eigenvalue weighted by Crippen LogP contribution is 2.33. The summed E-state index contributed by atoms with van der Waals surface area (Å²) in [6.45, 7) is 0. The highest BCUT2D eigenvalue weighted by atomic mass is 16.5. The number of ketones is 1. The zero-order chi connectivity index (χ0) is 15.1. The number of carbonyl (C=O) groups is 1. The van der Waals surface area contributed by atoms with Crippen molar-refractivity contribution in [3.63, 3.8) is 0 Å². The quantitative estimate of drug-likeness (QED) is 0.342. The molecule has 0 saturated heterocycles. The van der Waals surface area contributed by atoms with Crippen molar-refractivity contribution in [3.05, 3.63) is 47.4 Å². The number of phenols is 2. The lowest BCUT2D eigenvalue weighted by atomic mass is 9.85. The Hall–Kier alpha value is -2.51. The van der Waals surface area contributed by atoms with Gasteiger partial charge in [-0.25, -0.2) is 0 Å². The van der Waals surface area contributed by atoms with E-state index in [1.165, 1.54) is 0 Å². The van der Waals surface area contributed by atoms with Crippen LogP contribution in [-0.2, 0) is 0 Å². The Morgan fingerprint density at radius 3 is 2.10 bits per heavy atom. The molecule has 0 aromatic heterocycles. The Morgan fingerprint density at radius 2 is 1.55 bits per heavy atom. The minimum Gasteiger partial charge on any atom is -0.508 e. The summed E-state index contributed by atoms with van der Waals surface area (Å²) in [6, 6.07) is 3.06. The van der Waals surface area contributed by atoms with E-state index in [1.54, 1.807) is 0 Å². The standard InChI is InChI=1S/C13H12O7/c14-7-3-6(4-8(15)5-7)11(17)9-1-2-10(16)12(18)13(9,19)20/h1-5,9,14-16,18-20H. The lowest BCUT2D eigenvalue weighted by molar-refractivity contribution is -0.172. The molecule has 1 unspecified atom stereocenters. The van der Waals surface area contributed by atoms with Crippen molar-refractivity contribution < 1.29 is 35.4 Å². The summed E-state index contributed by atoms with van der Waals surface area (Å²) in [5.41, 5.74) is -0.182. The van der Waals surface area contributed by atoms with E-state index < -0.39 is 29.0 Å². The van der Waals surface area contributed by atoms with Gasteiger partial charge in [0.05, 0.1) is 0 Å². The zero-order valence-corrected chi connectivity index (χ0v) is 10.1. The Labute approximate surface area is 113 Å². The van der Waals surface area contributed by atoms with E-state index in [4.69, 9.17) is 0 Å². The van der Waals surface area contributed by atoms with Gasteiger partial charge in [-0.05, 0) is 18.2 Å². The lowest BCUT2D eigenvalue weighted by Gasteiger charge is -2.30. The van der Waals surface area contributed by atoms with E-state index in [0.717, 1.165) is 30.4 Å². The first-order valence-corrected chi connectivity index (χ1v) is 5.56. The van der Waals surface area contributed by atoms with Crippen molar-refractivity contribution in [2.75, 3.05) is 0 Å². The molecule has 0 fully saturated rings. The highest BCUT2D eigenvalue weighted by molar-refractivity contribution is 6.00. The summed E-state index contributed by atoms with van der Waals surface area (Å²) in [7, 11) is 0. The van der Waals surface area contributed by atoms with Gasteiger partial charge in [0, 0.05) is 11.6 Å². The van der Waals surface area contributed by atoms with Crippen molar-refractivity contribution in [1.82, 2.24) is 0 Å². The zero-order valence-electron chi connectivity index (χ0n) is 10.1. The van der Waals surface area contributed by atoms with E-state index in [9.17, 15) is 35.4 Å². The number of hydrogen-bond acceptors (Lipinski definition) is 7. The second kappa shape index (κ2) is 4.55. The third-order valence-electron chi connectivity index (χ3n) is 2.94. The van der Waals surface area contributed by atoms with Gasteiger partial charge in [-0.3, -0.25) is 4.79 Å². The van der Waals surface area contributed by atoms with Gasteiger partial charge in [0.15, 0.2) is 17.3 Å². The maximum Gasteiger partial charge on any atom is 0.240 e. The molecule has 0 amide bonds. The van der Waals surface area contributed by atoms with Gasteiger partial charge in [0.1, 0.15) is 17.4 Å². The molecule has 7 heteroatoms. The highest BCUT2D eigenvalue weighted by Gasteiger charge is 2.46. The third kappa shape index (κ3) is 2.20. The van der Waals surface area contributed by atoms with Gasteiger partial charge in [-0.15, -0.1) is 0 Å². The third-order valence-corrected chi connectivity index (χ3v) is 2.94. The van der Waals surface area contributed by atoms with Crippen LogP contribution in [0.25, 0.3) is 0 Å². The molecule has 2 rings (SSSR count). The number of carbonyl (C=O) groups excluding carboxylic acids is 1. The van der Waals surface area contributed by atoms with Crippen LogP contribution in [0.5, 0.6) is 11.5 Å². The first-order chi connectivity index (χ1) is 9.23. The second-order valence-electron chi connectivity index (χ2n) is 4.40. The summed E-state index contributed by atoms with van der Waals surface area (Å²) in [6.07, 6.45) is 1.95. The van der Waals surface area contributed by atoms with Gasteiger partial charge in [-0.1, -0.05) is 6.08 Å². The average molecular weight is 280 g/mol. The molecular weight excluding hydrogens is 268 g/mol. The van der Waals surface area contributed by atoms with Crippen molar-refractivity contribution in [2.24, 2.45) is 5.92 Å². The molecule has 20 heavy (non-hydrogen) atoms. The van der Waals surface area contributed by atoms with Crippen LogP contribution in [0.4, 0.5) is 0 Å². The topological polar surface area (TPSA) is 138 Å². The molecule has 0 heterocycles. The number of allylic oxidation sites excluding steroid dienone is 1. The maximum absolute atomic E-state index is 12.2. The van der Waals surface area contributed by atoms with Gasteiger partial charge < -0.3 is 30.6 Å². The van der Waals surface area contributed by atoms with E-state index in [2.05, 4.69) is 0 Å². The molecule has 0 spiro atoms. The van der Waals surface area contributed by atoms with Crippen LogP contribution in [-0.4, -0.2) is 42.2 Å². The summed E-state index contributed by atoms with van der Waals surface area (Å²) >= 11 is 0. The first kappa shape index (κ1) is 13.9. The van der Waals surface area contributed by atoms with Crippen LogP contribution >= 0.6 is 0 Å². The molecule has 7 nitrogen and oxygen atoms in total. The number of aliphatic hydroxyl groups is 4. The Balaban J connectivity index is 2.42. The number of rotatable bonds is 2. The Morgan fingerprint density at radius 1 is 1.00 bits per heavy atom. The van der Waals surface area contributed by atoms with E-state index in [-0.39, 0.29) is 17.1 Å². The molecule has 0 bridgehead atoms. The largest absolute Gasteiger partial charge is 0.508 e. The van der Waals surface area contributed by atoms with E-state index >= 15 is 0 Å². The summed E-state index contributed by atoms with van der Waals surface area (Å²) < 4.78 is 0. The minimum atomic E-state index is -2.98. The monoisotopic (exact) mass is 280 g/mol. The molecule has 1 aliphatic carbocycles. The van der Waals surface area contributed by atoms with Gasteiger partial charge in [0.2, 0.25) is 5.79 Å². The molecule has 1 aromatic rings. The normalized spacial score (nSPS) is 21.0. The molecule has 0 radical (unpaired) electrons. The van der Waals surface area contributed by atoms with Crippen molar-refractivity contribution >= 4 is 5.78 Å². The average Bonchev–Trinajstić information content (AvgIpc) is 2.34. The van der Waals surface area contributed by atoms with Gasteiger partial charge in [0.25, 0.3) is 0 Å². The molecule has 6 N–H and O–H groups in total.